The second-order valence-corrected chi connectivity index (χ2v) is 6.57. The highest BCUT2D eigenvalue weighted by Crippen LogP contribution is 2.36. The molecule has 1 N–H and O–H groups in total. The Morgan fingerprint density at radius 2 is 2.05 bits per heavy atom. The average Bonchev–Trinajstić information content (AvgIpc) is 2.68. The van der Waals surface area contributed by atoms with E-state index < -0.39 is 5.97 Å². The summed E-state index contributed by atoms with van der Waals surface area (Å²) in [5, 5.41) is 9.17. The highest BCUT2D eigenvalue weighted by atomic mass is 16.4. The number of hydrogen-bond donors (Lipinski definition) is 1. The maximum Gasteiger partial charge on any atom is 0.335 e. The molecule has 1 aliphatic rings. The monoisotopic (exact) mass is 261 g/mol. The average molecular weight is 261 g/mol. The van der Waals surface area contributed by atoms with Crippen molar-refractivity contribution in [2.45, 2.75) is 40.0 Å². The number of rotatable bonds is 3. The van der Waals surface area contributed by atoms with Crippen molar-refractivity contribution in [3.05, 3.63) is 29.3 Å². The number of nitrogens with zero attached hydrogens (tertiary/aromatic N) is 1. The van der Waals surface area contributed by atoms with Gasteiger partial charge in [0.1, 0.15) is 0 Å². The van der Waals surface area contributed by atoms with Gasteiger partial charge in [-0.15, -0.1) is 0 Å². The van der Waals surface area contributed by atoms with Crippen molar-refractivity contribution in [2.24, 2.45) is 5.41 Å². The minimum absolute atomic E-state index is 0.313. The molecular formula is C16H23NO2. The quantitative estimate of drug-likeness (QED) is 0.901. The summed E-state index contributed by atoms with van der Waals surface area (Å²) in [5.74, 6) is -0.448. The van der Waals surface area contributed by atoms with E-state index in [0.717, 1.165) is 25.2 Å². The Labute approximate surface area is 115 Å². The van der Waals surface area contributed by atoms with Crippen molar-refractivity contribution in [2.75, 3.05) is 18.0 Å². The largest absolute Gasteiger partial charge is 0.478 e. The molecule has 1 aromatic rings. The third-order valence-electron chi connectivity index (χ3n) is 3.92. The zero-order valence-electron chi connectivity index (χ0n) is 12.2. The topological polar surface area (TPSA) is 40.5 Å². The van der Waals surface area contributed by atoms with E-state index in [4.69, 9.17) is 5.11 Å². The first-order valence-electron chi connectivity index (χ1n) is 6.92. The molecule has 0 aliphatic carbocycles. The molecule has 1 saturated heterocycles. The second kappa shape index (κ2) is 4.87. The van der Waals surface area contributed by atoms with Crippen molar-refractivity contribution in [1.29, 1.82) is 0 Å². The predicted octanol–water partition coefficient (Wildman–Crippen LogP) is 3.74. The molecule has 0 spiro atoms. The molecule has 1 heterocycles. The number of anilines is 1. The molecule has 3 nitrogen and oxygen atoms in total. The highest BCUT2D eigenvalue weighted by molar-refractivity contribution is 5.89. The van der Waals surface area contributed by atoms with E-state index in [1.807, 2.05) is 12.1 Å². The smallest absolute Gasteiger partial charge is 0.335 e. The van der Waals surface area contributed by atoms with Gasteiger partial charge in [0, 0.05) is 18.8 Å². The summed E-state index contributed by atoms with van der Waals surface area (Å²) in [6, 6.07) is 5.51. The summed E-state index contributed by atoms with van der Waals surface area (Å²) >= 11 is 0. The fourth-order valence-electron chi connectivity index (χ4n) is 2.76. The summed E-state index contributed by atoms with van der Waals surface area (Å²) in [6.07, 6.45) is 1.15. The van der Waals surface area contributed by atoms with Crippen LogP contribution < -0.4 is 4.90 Å². The number of hydrogen-bond acceptors (Lipinski definition) is 2. The lowest BCUT2D eigenvalue weighted by atomic mass is 9.93. The van der Waals surface area contributed by atoms with E-state index in [1.165, 1.54) is 5.56 Å². The second-order valence-electron chi connectivity index (χ2n) is 6.57. The van der Waals surface area contributed by atoms with Crippen molar-refractivity contribution >= 4 is 11.7 Å². The first-order valence-corrected chi connectivity index (χ1v) is 6.92. The summed E-state index contributed by atoms with van der Waals surface area (Å²) < 4.78 is 0. The van der Waals surface area contributed by atoms with Crippen LogP contribution in [0.3, 0.4) is 0 Å². The van der Waals surface area contributed by atoms with Crippen LogP contribution >= 0.6 is 0 Å². The van der Waals surface area contributed by atoms with E-state index in [9.17, 15) is 4.79 Å². The maximum absolute atomic E-state index is 11.2. The minimum Gasteiger partial charge on any atom is -0.478 e. The van der Waals surface area contributed by atoms with E-state index in [2.05, 4.69) is 32.6 Å². The van der Waals surface area contributed by atoms with Crippen LogP contribution in [0.5, 0.6) is 0 Å². The van der Waals surface area contributed by atoms with E-state index in [-0.39, 0.29) is 0 Å². The number of carboxylic acids is 1. The van der Waals surface area contributed by atoms with Gasteiger partial charge in [-0.1, -0.05) is 33.8 Å². The predicted molar refractivity (Wildman–Crippen MR) is 78.1 cm³/mol. The van der Waals surface area contributed by atoms with Crippen molar-refractivity contribution in [1.82, 2.24) is 0 Å². The van der Waals surface area contributed by atoms with Crippen LogP contribution in [0.25, 0.3) is 0 Å². The third kappa shape index (κ3) is 2.91. The van der Waals surface area contributed by atoms with Gasteiger partial charge in [0.2, 0.25) is 0 Å². The van der Waals surface area contributed by atoms with Crippen LogP contribution in [-0.2, 0) is 0 Å². The number of aromatic carboxylic acids is 1. The van der Waals surface area contributed by atoms with Crippen LogP contribution in [0.15, 0.2) is 18.2 Å². The minimum atomic E-state index is -0.852. The zero-order valence-corrected chi connectivity index (χ0v) is 12.2. The molecule has 0 saturated carbocycles. The van der Waals surface area contributed by atoms with Gasteiger partial charge in [-0.2, -0.15) is 0 Å². The fraction of sp³-hybridized carbons (Fsp3) is 0.562. The molecule has 2 rings (SSSR count). The van der Waals surface area contributed by atoms with Gasteiger partial charge in [-0.25, -0.2) is 4.79 Å². The SMILES string of the molecule is CC(C)c1ccc(C(=O)O)cc1N1CCC(C)(C)C1. The van der Waals surface area contributed by atoms with E-state index in [0.29, 0.717) is 16.9 Å². The zero-order chi connectivity index (χ0) is 14.2. The Morgan fingerprint density at radius 1 is 1.37 bits per heavy atom. The lowest BCUT2D eigenvalue weighted by Gasteiger charge is -2.26. The van der Waals surface area contributed by atoms with Crippen LogP contribution in [0.1, 0.15) is 56.0 Å². The van der Waals surface area contributed by atoms with Crippen molar-refractivity contribution in [3.8, 4) is 0 Å². The van der Waals surface area contributed by atoms with Gasteiger partial charge in [-0.05, 0) is 35.4 Å². The molecule has 1 aliphatic heterocycles. The standard InChI is InChI=1S/C16H23NO2/c1-11(2)13-6-5-12(15(18)19)9-14(13)17-8-7-16(3,4)10-17/h5-6,9,11H,7-8,10H2,1-4H3,(H,18,19). The number of carbonyl (C=O) groups is 1. The maximum atomic E-state index is 11.2. The first kappa shape index (κ1) is 13.9. The number of benzene rings is 1. The Kier molecular flexibility index (Phi) is 3.57. The van der Waals surface area contributed by atoms with Gasteiger partial charge in [0.05, 0.1) is 5.56 Å². The molecule has 104 valence electrons. The molecular weight excluding hydrogens is 238 g/mol. The van der Waals surface area contributed by atoms with Gasteiger partial charge >= 0.3 is 5.97 Å². The van der Waals surface area contributed by atoms with Gasteiger partial charge in [0.25, 0.3) is 0 Å². The molecule has 1 fully saturated rings. The molecule has 1 aromatic carbocycles. The van der Waals surface area contributed by atoms with Crippen LogP contribution in [0, 0.1) is 5.41 Å². The summed E-state index contributed by atoms with van der Waals surface area (Å²) in [4.78, 5) is 13.5. The van der Waals surface area contributed by atoms with Crippen LogP contribution in [0.2, 0.25) is 0 Å². The first-order chi connectivity index (χ1) is 8.80. The summed E-state index contributed by atoms with van der Waals surface area (Å²) in [6.45, 7) is 10.8. The fourth-order valence-corrected chi connectivity index (χ4v) is 2.76. The molecule has 0 atom stereocenters. The van der Waals surface area contributed by atoms with Gasteiger partial charge < -0.3 is 10.0 Å². The lowest BCUT2D eigenvalue weighted by molar-refractivity contribution is 0.0697. The summed E-state index contributed by atoms with van der Waals surface area (Å²) in [5.41, 5.74) is 3.03. The van der Waals surface area contributed by atoms with Crippen LogP contribution in [0.4, 0.5) is 5.69 Å². The van der Waals surface area contributed by atoms with Crippen molar-refractivity contribution < 1.29 is 9.90 Å². The Balaban J connectivity index is 2.41. The van der Waals surface area contributed by atoms with E-state index >= 15 is 0 Å². The van der Waals surface area contributed by atoms with Gasteiger partial charge in [0.15, 0.2) is 0 Å². The van der Waals surface area contributed by atoms with Crippen LogP contribution in [-0.4, -0.2) is 24.2 Å². The Hall–Kier alpha value is -1.51. The molecule has 0 unspecified atom stereocenters. The highest BCUT2D eigenvalue weighted by Gasteiger charge is 2.30. The Morgan fingerprint density at radius 3 is 2.53 bits per heavy atom. The molecule has 0 radical (unpaired) electrons. The Bertz CT molecular complexity index is 492. The normalized spacial score (nSPS) is 18.1. The third-order valence-corrected chi connectivity index (χ3v) is 3.92. The lowest BCUT2D eigenvalue weighted by Crippen LogP contribution is -2.24. The summed E-state index contributed by atoms with van der Waals surface area (Å²) in [7, 11) is 0. The van der Waals surface area contributed by atoms with Crippen molar-refractivity contribution in [3.63, 3.8) is 0 Å². The number of carboxylic acid groups (broad SMARTS) is 1. The van der Waals surface area contributed by atoms with E-state index in [1.54, 1.807) is 6.07 Å². The molecule has 0 bridgehead atoms. The molecule has 0 amide bonds. The van der Waals surface area contributed by atoms with Gasteiger partial charge in [-0.3, -0.25) is 0 Å². The molecule has 3 heteroatoms. The molecule has 19 heavy (non-hydrogen) atoms. The molecule has 0 aromatic heterocycles.